The first-order valence-electron chi connectivity index (χ1n) is 9.94. The summed E-state index contributed by atoms with van der Waals surface area (Å²) in [4.78, 5) is 25.2. The monoisotopic (exact) mass is 496 g/mol. The topological polar surface area (TPSA) is 81.9 Å². The number of amides is 1. The number of carbonyl (C=O) groups is 1. The van der Waals surface area contributed by atoms with Gasteiger partial charge in [-0.3, -0.25) is 19.8 Å². The molecule has 10 heteroatoms. The molecule has 0 aliphatic carbocycles. The van der Waals surface area contributed by atoms with E-state index in [9.17, 15) is 19.3 Å². The van der Waals surface area contributed by atoms with Gasteiger partial charge >= 0.3 is 0 Å². The van der Waals surface area contributed by atoms with E-state index in [0.717, 1.165) is 11.8 Å². The molecule has 4 rings (SSSR count). The van der Waals surface area contributed by atoms with E-state index in [1.165, 1.54) is 36.3 Å². The second-order valence-corrected chi connectivity index (χ2v) is 8.76. The van der Waals surface area contributed by atoms with Gasteiger partial charge in [-0.1, -0.05) is 54.3 Å². The van der Waals surface area contributed by atoms with Crippen molar-refractivity contribution >= 4 is 51.7 Å². The maximum atomic E-state index is 13.8. The Kier molecular flexibility index (Phi) is 6.90. The zero-order chi connectivity index (χ0) is 24.2. The quantitative estimate of drug-likeness (QED) is 0.179. The van der Waals surface area contributed by atoms with E-state index >= 15 is 0 Å². The molecule has 1 fully saturated rings. The molecule has 34 heavy (non-hydrogen) atoms. The van der Waals surface area contributed by atoms with E-state index < -0.39 is 4.92 Å². The highest BCUT2D eigenvalue weighted by Gasteiger charge is 2.34. The van der Waals surface area contributed by atoms with E-state index in [1.807, 2.05) is 0 Å². The maximum Gasteiger partial charge on any atom is 0.271 e. The second kappa shape index (κ2) is 10.0. The molecule has 7 nitrogen and oxygen atoms in total. The van der Waals surface area contributed by atoms with Crippen molar-refractivity contribution in [1.82, 2.24) is 0 Å². The minimum Gasteiger partial charge on any atom is -0.493 e. The van der Waals surface area contributed by atoms with Crippen LogP contribution >= 0.6 is 24.0 Å². The molecule has 3 aromatic rings. The van der Waals surface area contributed by atoms with Crippen molar-refractivity contribution in [2.45, 2.75) is 6.61 Å². The van der Waals surface area contributed by atoms with Crippen LogP contribution in [0.25, 0.3) is 6.08 Å². The summed E-state index contributed by atoms with van der Waals surface area (Å²) in [6.45, 7) is 0.0320. The highest BCUT2D eigenvalue weighted by Crippen LogP contribution is 2.38. The van der Waals surface area contributed by atoms with Crippen molar-refractivity contribution < 1.29 is 23.6 Å². The van der Waals surface area contributed by atoms with Crippen LogP contribution in [0.5, 0.6) is 11.5 Å². The molecular weight excluding hydrogens is 479 g/mol. The molecular formula is C24H17FN2O5S2. The van der Waals surface area contributed by atoms with Crippen molar-refractivity contribution in [1.29, 1.82) is 0 Å². The predicted octanol–water partition coefficient (Wildman–Crippen LogP) is 5.73. The number of halogens is 1. The molecule has 0 atom stereocenters. The summed E-state index contributed by atoms with van der Waals surface area (Å²) in [6, 6.07) is 17.2. The summed E-state index contributed by atoms with van der Waals surface area (Å²) in [5.74, 6) is 0.101. The van der Waals surface area contributed by atoms with E-state index in [1.54, 1.807) is 48.5 Å². The minimum atomic E-state index is -0.529. The number of thioether (sulfide) groups is 1. The summed E-state index contributed by atoms with van der Waals surface area (Å²) in [5, 5.41) is 11.1. The van der Waals surface area contributed by atoms with Gasteiger partial charge in [0.05, 0.1) is 22.6 Å². The van der Waals surface area contributed by atoms with Crippen LogP contribution < -0.4 is 14.4 Å². The number of methoxy groups -OCH3 is 1. The molecule has 0 aromatic heterocycles. The predicted molar refractivity (Wildman–Crippen MR) is 132 cm³/mol. The molecule has 0 radical (unpaired) electrons. The van der Waals surface area contributed by atoms with Crippen molar-refractivity contribution in [3.63, 3.8) is 0 Å². The first kappa shape index (κ1) is 23.4. The lowest BCUT2D eigenvalue weighted by atomic mass is 10.1. The second-order valence-electron chi connectivity index (χ2n) is 7.08. The summed E-state index contributed by atoms with van der Waals surface area (Å²) in [7, 11) is 1.48. The fraction of sp³-hybridized carbons (Fsp3) is 0.0833. The summed E-state index contributed by atoms with van der Waals surface area (Å²) in [5.41, 5.74) is 1.27. The lowest BCUT2D eigenvalue weighted by molar-refractivity contribution is -0.384. The van der Waals surface area contributed by atoms with Crippen LogP contribution in [0.4, 0.5) is 15.8 Å². The van der Waals surface area contributed by atoms with Crippen molar-refractivity contribution in [3.05, 3.63) is 98.7 Å². The third-order valence-corrected chi connectivity index (χ3v) is 6.22. The first-order chi connectivity index (χ1) is 16.4. The Morgan fingerprint density at radius 1 is 1.12 bits per heavy atom. The van der Waals surface area contributed by atoms with Crippen LogP contribution in [0, 0.1) is 15.9 Å². The Morgan fingerprint density at radius 3 is 2.65 bits per heavy atom. The zero-order valence-corrected chi connectivity index (χ0v) is 19.4. The molecule has 1 saturated heterocycles. The van der Waals surface area contributed by atoms with Crippen LogP contribution in [0.15, 0.2) is 71.6 Å². The number of anilines is 1. The van der Waals surface area contributed by atoms with Gasteiger partial charge in [-0.25, -0.2) is 4.39 Å². The number of non-ortho nitro benzene ring substituents is 1. The summed E-state index contributed by atoms with van der Waals surface area (Å²) < 4.78 is 25.2. The van der Waals surface area contributed by atoms with Gasteiger partial charge in [-0.15, -0.1) is 0 Å². The molecule has 0 bridgehead atoms. The van der Waals surface area contributed by atoms with Gasteiger partial charge in [0.1, 0.15) is 12.4 Å². The molecule has 1 amide bonds. The molecule has 1 heterocycles. The van der Waals surface area contributed by atoms with Crippen molar-refractivity contribution in [3.8, 4) is 11.5 Å². The molecule has 0 saturated carbocycles. The lowest BCUT2D eigenvalue weighted by Gasteiger charge is -2.14. The first-order valence-corrected chi connectivity index (χ1v) is 11.2. The number of nitro benzene ring substituents is 1. The van der Waals surface area contributed by atoms with Crippen LogP contribution in [-0.2, 0) is 11.4 Å². The Morgan fingerprint density at radius 2 is 1.91 bits per heavy atom. The lowest BCUT2D eigenvalue weighted by Crippen LogP contribution is -2.27. The van der Waals surface area contributed by atoms with E-state index in [2.05, 4.69) is 0 Å². The normalized spacial score (nSPS) is 14.5. The molecule has 0 spiro atoms. The highest BCUT2D eigenvalue weighted by molar-refractivity contribution is 8.27. The molecule has 172 valence electrons. The van der Waals surface area contributed by atoms with Crippen molar-refractivity contribution in [2.75, 3.05) is 12.0 Å². The smallest absolute Gasteiger partial charge is 0.271 e. The number of carbonyl (C=O) groups excluding carboxylic acids is 1. The molecule has 1 aliphatic heterocycles. The number of nitro groups is 1. The van der Waals surface area contributed by atoms with Gasteiger partial charge < -0.3 is 9.47 Å². The molecule has 0 unspecified atom stereocenters. The van der Waals surface area contributed by atoms with Gasteiger partial charge in [-0.2, -0.15) is 0 Å². The highest BCUT2D eigenvalue weighted by atomic mass is 32.2. The van der Waals surface area contributed by atoms with E-state index in [0.29, 0.717) is 33.2 Å². The van der Waals surface area contributed by atoms with Gasteiger partial charge in [0.2, 0.25) is 0 Å². The van der Waals surface area contributed by atoms with Crippen molar-refractivity contribution in [2.24, 2.45) is 0 Å². The fourth-order valence-electron chi connectivity index (χ4n) is 3.25. The van der Waals surface area contributed by atoms with Gasteiger partial charge in [0.25, 0.3) is 11.6 Å². The minimum absolute atomic E-state index is 0.0320. The Bertz CT molecular complexity index is 1330. The molecule has 0 N–H and O–H groups in total. The average molecular weight is 497 g/mol. The van der Waals surface area contributed by atoms with Crippen LogP contribution in [0.2, 0.25) is 0 Å². The van der Waals surface area contributed by atoms with Gasteiger partial charge in [0, 0.05) is 17.7 Å². The zero-order valence-electron chi connectivity index (χ0n) is 17.8. The summed E-state index contributed by atoms with van der Waals surface area (Å²) in [6.07, 6.45) is 1.65. The number of benzene rings is 3. The molecule has 3 aromatic carbocycles. The number of nitrogens with zero attached hydrogens (tertiary/aromatic N) is 2. The number of hydrogen-bond donors (Lipinski definition) is 0. The largest absolute Gasteiger partial charge is 0.493 e. The van der Waals surface area contributed by atoms with E-state index in [4.69, 9.17) is 21.7 Å². The van der Waals surface area contributed by atoms with Crippen LogP contribution in [-0.4, -0.2) is 22.3 Å². The van der Waals surface area contributed by atoms with Crippen LogP contribution in [0.1, 0.15) is 11.1 Å². The molecule has 1 aliphatic rings. The number of thiocarbonyl (C=S) groups is 1. The SMILES string of the molecule is COc1cc(/C=C2/SC(=S)N(c3cccc([N+](=O)[O-])c3)C2=O)ccc1OCc1ccccc1F. The van der Waals surface area contributed by atoms with Gasteiger partial charge in [-0.05, 0) is 35.9 Å². The Hall–Kier alpha value is -3.76. The Balaban J connectivity index is 1.55. The van der Waals surface area contributed by atoms with E-state index in [-0.39, 0.29) is 28.3 Å². The number of hydrogen-bond acceptors (Lipinski definition) is 7. The number of rotatable bonds is 7. The Labute approximate surface area is 203 Å². The maximum absolute atomic E-state index is 13.8. The third kappa shape index (κ3) is 4.92. The summed E-state index contributed by atoms with van der Waals surface area (Å²) >= 11 is 6.44. The fourth-order valence-corrected chi connectivity index (χ4v) is 4.55. The standard InChI is InChI=1S/C24H17FN2O5S2/c1-31-21-11-15(9-10-20(21)32-14-16-5-2-3-8-19(16)25)12-22-23(28)26(24(33)34-22)17-6-4-7-18(13-17)27(29)30/h2-13H,14H2,1H3/b22-12+. The van der Waals surface area contributed by atoms with Crippen LogP contribution in [0.3, 0.4) is 0 Å². The number of ether oxygens (including phenoxy) is 2. The third-order valence-electron chi connectivity index (χ3n) is 4.92. The van der Waals surface area contributed by atoms with Gasteiger partial charge in [0.15, 0.2) is 15.8 Å². The average Bonchev–Trinajstić information content (AvgIpc) is 3.11.